The van der Waals surface area contributed by atoms with E-state index in [1.54, 1.807) is 11.0 Å². The van der Waals surface area contributed by atoms with Gasteiger partial charge in [0.25, 0.3) is 0 Å². The zero-order valence-corrected chi connectivity index (χ0v) is 8.61. The predicted octanol–water partition coefficient (Wildman–Crippen LogP) is 1.35. The van der Waals surface area contributed by atoms with Crippen LogP contribution in [-0.2, 0) is 4.79 Å². The first kappa shape index (κ1) is 12.9. The van der Waals surface area contributed by atoms with Crippen LogP contribution in [0.1, 0.15) is 19.3 Å². The summed E-state index contributed by atoms with van der Waals surface area (Å²) in [5.41, 5.74) is 0. The summed E-state index contributed by atoms with van der Waals surface area (Å²) in [7, 11) is 0. The molecule has 0 aromatic rings. The van der Waals surface area contributed by atoms with E-state index >= 15 is 0 Å². The molecule has 0 fully saturated rings. The predicted molar refractivity (Wildman–Crippen MR) is 57.9 cm³/mol. The molecule has 0 aromatic heterocycles. The van der Waals surface area contributed by atoms with Crippen LogP contribution in [0.5, 0.6) is 0 Å². The molecule has 0 bridgehead atoms. The van der Waals surface area contributed by atoms with Gasteiger partial charge in [0.2, 0.25) is 5.91 Å². The normalized spacial score (nSPS) is 9.50. The van der Waals surface area contributed by atoms with Gasteiger partial charge in [0, 0.05) is 19.7 Å². The third-order valence-electron chi connectivity index (χ3n) is 1.92. The first-order valence-electron chi connectivity index (χ1n) is 4.89. The highest BCUT2D eigenvalue weighted by molar-refractivity contribution is 5.87. The fourth-order valence-electron chi connectivity index (χ4n) is 1.17. The van der Waals surface area contributed by atoms with E-state index < -0.39 is 0 Å². The van der Waals surface area contributed by atoms with Crippen LogP contribution in [0.15, 0.2) is 25.3 Å². The SMILES string of the molecule is C=CCN(CCCCCO)C(=O)C=C. The molecule has 0 saturated heterocycles. The van der Waals surface area contributed by atoms with E-state index in [1.165, 1.54) is 6.08 Å². The number of aliphatic hydroxyl groups is 1. The Kier molecular flexibility index (Phi) is 7.84. The minimum atomic E-state index is -0.0612. The van der Waals surface area contributed by atoms with Crippen LogP contribution in [0.25, 0.3) is 0 Å². The molecular formula is C11H19NO2. The van der Waals surface area contributed by atoms with Crippen LogP contribution in [0.4, 0.5) is 0 Å². The Morgan fingerprint density at radius 3 is 2.50 bits per heavy atom. The number of nitrogens with zero attached hydrogens (tertiary/aromatic N) is 1. The molecule has 0 rings (SSSR count). The minimum Gasteiger partial charge on any atom is -0.396 e. The molecule has 0 unspecified atom stereocenters. The molecule has 0 aliphatic rings. The number of rotatable bonds is 8. The van der Waals surface area contributed by atoms with Crippen molar-refractivity contribution in [2.45, 2.75) is 19.3 Å². The van der Waals surface area contributed by atoms with Gasteiger partial charge in [0.1, 0.15) is 0 Å². The van der Waals surface area contributed by atoms with Crippen LogP contribution in [-0.4, -0.2) is 35.6 Å². The van der Waals surface area contributed by atoms with Gasteiger partial charge in [-0.2, -0.15) is 0 Å². The van der Waals surface area contributed by atoms with Crippen LogP contribution < -0.4 is 0 Å². The zero-order chi connectivity index (χ0) is 10.8. The molecule has 0 radical (unpaired) electrons. The summed E-state index contributed by atoms with van der Waals surface area (Å²) in [6, 6.07) is 0. The standard InChI is InChI=1S/C11H19NO2/c1-3-8-12(11(14)4-2)9-6-5-7-10-13/h3-4,13H,1-2,5-10H2. The molecule has 1 N–H and O–H groups in total. The summed E-state index contributed by atoms with van der Waals surface area (Å²) in [6.07, 6.45) is 5.66. The van der Waals surface area contributed by atoms with E-state index in [0.717, 1.165) is 19.3 Å². The Hall–Kier alpha value is -1.09. The molecular weight excluding hydrogens is 178 g/mol. The Labute approximate surface area is 85.7 Å². The summed E-state index contributed by atoms with van der Waals surface area (Å²) < 4.78 is 0. The first-order valence-corrected chi connectivity index (χ1v) is 4.89. The van der Waals surface area contributed by atoms with E-state index in [4.69, 9.17) is 5.11 Å². The fraction of sp³-hybridized carbons (Fsp3) is 0.545. The first-order chi connectivity index (χ1) is 6.76. The average molecular weight is 197 g/mol. The quantitative estimate of drug-likeness (QED) is 0.362. The van der Waals surface area contributed by atoms with Crippen molar-refractivity contribution in [1.82, 2.24) is 4.90 Å². The Bertz CT molecular complexity index is 190. The molecule has 0 aliphatic carbocycles. The second-order valence-corrected chi connectivity index (χ2v) is 3.06. The van der Waals surface area contributed by atoms with Crippen LogP contribution in [0.3, 0.4) is 0 Å². The minimum absolute atomic E-state index is 0.0612. The molecule has 80 valence electrons. The summed E-state index contributed by atoms with van der Waals surface area (Å²) >= 11 is 0. The van der Waals surface area contributed by atoms with Crippen molar-refractivity contribution in [1.29, 1.82) is 0 Å². The van der Waals surface area contributed by atoms with Crippen molar-refractivity contribution < 1.29 is 9.90 Å². The van der Waals surface area contributed by atoms with Crippen molar-refractivity contribution in [3.8, 4) is 0 Å². The largest absolute Gasteiger partial charge is 0.396 e. The maximum absolute atomic E-state index is 11.3. The number of hydrogen-bond acceptors (Lipinski definition) is 2. The lowest BCUT2D eigenvalue weighted by molar-refractivity contribution is -0.125. The number of unbranched alkanes of at least 4 members (excludes halogenated alkanes) is 2. The number of carbonyl (C=O) groups is 1. The van der Waals surface area contributed by atoms with Gasteiger partial charge in [-0.3, -0.25) is 4.79 Å². The average Bonchev–Trinajstić information content (AvgIpc) is 2.21. The maximum Gasteiger partial charge on any atom is 0.246 e. The number of aliphatic hydroxyl groups excluding tert-OH is 1. The summed E-state index contributed by atoms with van der Waals surface area (Å²) in [5.74, 6) is -0.0612. The van der Waals surface area contributed by atoms with Gasteiger partial charge in [0.15, 0.2) is 0 Å². The topological polar surface area (TPSA) is 40.5 Å². The molecule has 0 aliphatic heterocycles. The Balaban J connectivity index is 3.78. The highest BCUT2D eigenvalue weighted by Crippen LogP contribution is 1.99. The van der Waals surface area contributed by atoms with Crippen LogP contribution in [0, 0.1) is 0 Å². The maximum atomic E-state index is 11.3. The highest BCUT2D eigenvalue weighted by atomic mass is 16.2. The Morgan fingerprint density at radius 2 is 2.00 bits per heavy atom. The number of amides is 1. The van der Waals surface area contributed by atoms with Gasteiger partial charge in [0.05, 0.1) is 0 Å². The second-order valence-electron chi connectivity index (χ2n) is 3.06. The summed E-state index contributed by atoms with van der Waals surface area (Å²) in [6.45, 7) is 8.52. The molecule has 0 aromatic carbocycles. The van der Waals surface area contributed by atoms with Crippen LogP contribution >= 0.6 is 0 Å². The van der Waals surface area contributed by atoms with Crippen molar-refractivity contribution in [2.75, 3.05) is 19.7 Å². The third kappa shape index (κ3) is 5.54. The van der Waals surface area contributed by atoms with Gasteiger partial charge in [-0.1, -0.05) is 12.7 Å². The van der Waals surface area contributed by atoms with E-state index in [2.05, 4.69) is 13.2 Å². The van der Waals surface area contributed by atoms with Gasteiger partial charge < -0.3 is 10.0 Å². The summed E-state index contributed by atoms with van der Waals surface area (Å²) in [4.78, 5) is 13.0. The molecule has 3 heteroatoms. The van der Waals surface area contributed by atoms with Crippen molar-refractivity contribution in [3.63, 3.8) is 0 Å². The van der Waals surface area contributed by atoms with E-state index in [9.17, 15) is 4.79 Å². The van der Waals surface area contributed by atoms with Crippen molar-refractivity contribution in [2.24, 2.45) is 0 Å². The lowest BCUT2D eigenvalue weighted by atomic mass is 10.2. The molecule has 0 saturated carbocycles. The second kappa shape index (κ2) is 8.51. The molecule has 0 spiro atoms. The van der Waals surface area contributed by atoms with Gasteiger partial charge in [-0.15, -0.1) is 6.58 Å². The van der Waals surface area contributed by atoms with E-state index in [0.29, 0.717) is 13.1 Å². The molecule has 1 amide bonds. The van der Waals surface area contributed by atoms with Gasteiger partial charge >= 0.3 is 0 Å². The van der Waals surface area contributed by atoms with Crippen molar-refractivity contribution >= 4 is 5.91 Å². The molecule has 0 atom stereocenters. The third-order valence-corrected chi connectivity index (χ3v) is 1.92. The van der Waals surface area contributed by atoms with Gasteiger partial charge in [-0.25, -0.2) is 0 Å². The highest BCUT2D eigenvalue weighted by Gasteiger charge is 2.06. The lowest BCUT2D eigenvalue weighted by Gasteiger charge is -2.18. The van der Waals surface area contributed by atoms with E-state index in [-0.39, 0.29) is 12.5 Å². The fourth-order valence-corrected chi connectivity index (χ4v) is 1.17. The number of carbonyl (C=O) groups excluding carboxylic acids is 1. The smallest absolute Gasteiger partial charge is 0.246 e. The molecule has 14 heavy (non-hydrogen) atoms. The van der Waals surface area contributed by atoms with E-state index in [1.807, 2.05) is 0 Å². The Morgan fingerprint density at radius 1 is 1.29 bits per heavy atom. The lowest BCUT2D eigenvalue weighted by Crippen LogP contribution is -2.30. The monoisotopic (exact) mass is 197 g/mol. The van der Waals surface area contributed by atoms with Crippen LogP contribution in [0.2, 0.25) is 0 Å². The van der Waals surface area contributed by atoms with Gasteiger partial charge in [-0.05, 0) is 25.3 Å². The van der Waals surface area contributed by atoms with Crippen molar-refractivity contribution in [3.05, 3.63) is 25.3 Å². The summed E-state index contributed by atoms with van der Waals surface area (Å²) in [5, 5.41) is 8.58. The molecule has 0 heterocycles. The number of hydrogen-bond donors (Lipinski definition) is 1. The molecule has 3 nitrogen and oxygen atoms in total. The zero-order valence-electron chi connectivity index (χ0n) is 8.61.